The molecule has 1 unspecified atom stereocenters. The summed E-state index contributed by atoms with van der Waals surface area (Å²) >= 11 is 0. The van der Waals surface area contributed by atoms with Crippen molar-refractivity contribution in [3.05, 3.63) is 29.8 Å². The highest BCUT2D eigenvalue weighted by atomic mass is 16.4. The van der Waals surface area contributed by atoms with E-state index in [9.17, 15) is 9.59 Å². The molecule has 20 heavy (non-hydrogen) atoms. The highest BCUT2D eigenvalue weighted by molar-refractivity contribution is 5.97. The van der Waals surface area contributed by atoms with E-state index >= 15 is 0 Å². The van der Waals surface area contributed by atoms with E-state index in [0.717, 1.165) is 18.4 Å². The molecule has 1 amide bonds. The third kappa shape index (κ3) is 3.81. The molecule has 5 nitrogen and oxygen atoms in total. The van der Waals surface area contributed by atoms with Crippen LogP contribution in [0.25, 0.3) is 0 Å². The zero-order valence-electron chi connectivity index (χ0n) is 11.6. The van der Waals surface area contributed by atoms with Gasteiger partial charge in [0, 0.05) is 18.2 Å². The van der Waals surface area contributed by atoms with Gasteiger partial charge in [0.15, 0.2) is 0 Å². The van der Waals surface area contributed by atoms with Crippen molar-refractivity contribution in [2.45, 2.75) is 32.2 Å². The fourth-order valence-corrected chi connectivity index (χ4v) is 2.19. The van der Waals surface area contributed by atoms with Crippen LogP contribution in [0.3, 0.4) is 0 Å². The van der Waals surface area contributed by atoms with Crippen molar-refractivity contribution in [2.24, 2.45) is 11.7 Å². The number of anilines is 1. The zero-order chi connectivity index (χ0) is 14.7. The predicted molar refractivity (Wildman–Crippen MR) is 76.5 cm³/mol. The molecule has 1 aromatic rings. The van der Waals surface area contributed by atoms with Crippen molar-refractivity contribution in [1.82, 2.24) is 0 Å². The third-order valence-corrected chi connectivity index (χ3v) is 3.58. The summed E-state index contributed by atoms with van der Waals surface area (Å²) in [6.07, 6.45) is 2.33. The Morgan fingerprint density at radius 3 is 2.45 bits per heavy atom. The number of carbonyl (C=O) groups excluding carboxylic acids is 1. The quantitative estimate of drug-likeness (QED) is 0.825. The lowest BCUT2D eigenvalue weighted by molar-refractivity contribution is -0.136. The van der Waals surface area contributed by atoms with Gasteiger partial charge >= 0.3 is 5.97 Å². The number of aliphatic carboxylic acids is 1. The first-order valence-electron chi connectivity index (χ1n) is 6.82. The molecule has 1 aliphatic carbocycles. The fourth-order valence-electron chi connectivity index (χ4n) is 2.19. The van der Waals surface area contributed by atoms with Crippen LogP contribution in [0.15, 0.2) is 24.3 Å². The van der Waals surface area contributed by atoms with Crippen LogP contribution >= 0.6 is 0 Å². The van der Waals surface area contributed by atoms with Crippen molar-refractivity contribution in [3.63, 3.8) is 0 Å². The van der Waals surface area contributed by atoms with Crippen LogP contribution in [-0.2, 0) is 9.59 Å². The summed E-state index contributed by atoms with van der Waals surface area (Å²) in [7, 11) is 0. The molecular formula is C15H20N2O3. The molecule has 0 spiro atoms. The van der Waals surface area contributed by atoms with Crippen LogP contribution in [0.4, 0.5) is 5.69 Å². The molecule has 3 N–H and O–H groups in total. The number of carboxylic acids is 1. The second-order valence-corrected chi connectivity index (χ2v) is 5.41. The maximum absolute atomic E-state index is 12.3. The summed E-state index contributed by atoms with van der Waals surface area (Å²) in [5.74, 6) is -0.835. The second kappa shape index (κ2) is 6.05. The number of carboxylic acid groups (broad SMARTS) is 1. The number of hydrogen-bond donors (Lipinski definition) is 2. The lowest BCUT2D eigenvalue weighted by atomic mass is 10.1. The number of nitrogens with two attached hydrogens (primary N) is 1. The molecule has 1 aromatic carbocycles. The van der Waals surface area contributed by atoms with Crippen molar-refractivity contribution in [1.29, 1.82) is 0 Å². The van der Waals surface area contributed by atoms with Crippen LogP contribution in [0.2, 0.25) is 0 Å². The van der Waals surface area contributed by atoms with E-state index in [1.54, 1.807) is 12.1 Å². The van der Waals surface area contributed by atoms with Gasteiger partial charge in [-0.3, -0.25) is 9.59 Å². The molecule has 0 bridgehead atoms. The topological polar surface area (TPSA) is 83.6 Å². The number of benzene rings is 1. The standard InChI is InChI=1S/C15H20N2O3/c1-10-2-6-12(7-3-10)17(9-15(19)20)14(18)8-13(16)11-4-5-11/h2-3,6-7,11,13H,4-5,8-9,16H2,1H3,(H,19,20). The average Bonchev–Trinajstić information content (AvgIpc) is 3.21. The number of amides is 1. The molecule has 0 radical (unpaired) electrons. The van der Waals surface area contributed by atoms with Gasteiger partial charge in [-0.2, -0.15) is 0 Å². The zero-order valence-corrected chi connectivity index (χ0v) is 11.6. The second-order valence-electron chi connectivity index (χ2n) is 5.41. The summed E-state index contributed by atoms with van der Waals surface area (Å²) in [5.41, 5.74) is 7.62. The summed E-state index contributed by atoms with van der Waals surface area (Å²) in [4.78, 5) is 24.5. The minimum atomic E-state index is -1.03. The van der Waals surface area contributed by atoms with Crippen molar-refractivity contribution < 1.29 is 14.7 Å². The summed E-state index contributed by atoms with van der Waals surface area (Å²) in [6.45, 7) is 1.61. The van der Waals surface area contributed by atoms with Gasteiger partial charge in [-0.1, -0.05) is 17.7 Å². The van der Waals surface area contributed by atoms with Gasteiger partial charge in [0.1, 0.15) is 6.54 Å². The lowest BCUT2D eigenvalue weighted by Crippen LogP contribution is -2.39. The number of hydrogen-bond acceptors (Lipinski definition) is 3. The van der Waals surface area contributed by atoms with Crippen LogP contribution < -0.4 is 10.6 Å². The minimum absolute atomic E-state index is 0.163. The van der Waals surface area contributed by atoms with Gasteiger partial charge in [0.2, 0.25) is 5.91 Å². The number of aryl methyl sites for hydroxylation is 1. The number of nitrogens with zero attached hydrogens (tertiary/aromatic N) is 1. The first-order valence-corrected chi connectivity index (χ1v) is 6.82. The highest BCUT2D eigenvalue weighted by Gasteiger charge is 2.31. The lowest BCUT2D eigenvalue weighted by Gasteiger charge is -2.22. The molecule has 0 saturated heterocycles. The van der Waals surface area contributed by atoms with Gasteiger partial charge in [-0.15, -0.1) is 0 Å². The van der Waals surface area contributed by atoms with Gasteiger partial charge in [0.25, 0.3) is 0 Å². The van der Waals surface area contributed by atoms with E-state index in [-0.39, 0.29) is 24.9 Å². The highest BCUT2D eigenvalue weighted by Crippen LogP contribution is 2.33. The van der Waals surface area contributed by atoms with Crippen LogP contribution in [-0.4, -0.2) is 29.6 Å². The van der Waals surface area contributed by atoms with E-state index in [1.165, 1.54) is 4.90 Å². The van der Waals surface area contributed by atoms with Gasteiger partial charge in [-0.05, 0) is 37.8 Å². The molecule has 108 valence electrons. The molecule has 1 fully saturated rings. The van der Waals surface area contributed by atoms with Crippen molar-refractivity contribution in [3.8, 4) is 0 Å². The molecule has 0 aromatic heterocycles. The Morgan fingerprint density at radius 1 is 1.35 bits per heavy atom. The molecular weight excluding hydrogens is 256 g/mol. The van der Waals surface area contributed by atoms with Crippen LogP contribution in [0, 0.1) is 12.8 Å². The van der Waals surface area contributed by atoms with Crippen LogP contribution in [0.5, 0.6) is 0 Å². The largest absolute Gasteiger partial charge is 0.480 e. The SMILES string of the molecule is Cc1ccc(N(CC(=O)O)C(=O)CC(N)C2CC2)cc1. The Bertz CT molecular complexity index is 494. The molecule has 1 aliphatic rings. The first-order chi connectivity index (χ1) is 9.47. The Labute approximate surface area is 118 Å². The van der Waals surface area contributed by atoms with Gasteiger partial charge in [-0.25, -0.2) is 0 Å². The van der Waals surface area contributed by atoms with Crippen molar-refractivity contribution in [2.75, 3.05) is 11.4 Å². The Hall–Kier alpha value is -1.88. The summed E-state index contributed by atoms with van der Waals surface area (Å²) in [5, 5.41) is 8.98. The summed E-state index contributed by atoms with van der Waals surface area (Å²) < 4.78 is 0. The smallest absolute Gasteiger partial charge is 0.323 e. The Kier molecular flexibility index (Phi) is 4.39. The normalized spacial score (nSPS) is 15.7. The van der Waals surface area contributed by atoms with Gasteiger partial charge < -0.3 is 15.7 Å². The van der Waals surface area contributed by atoms with E-state index in [1.807, 2.05) is 19.1 Å². The minimum Gasteiger partial charge on any atom is -0.480 e. The van der Waals surface area contributed by atoms with E-state index in [0.29, 0.717) is 11.6 Å². The van der Waals surface area contributed by atoms with Gasteiger partial charge in [0.05, 0.1) is 0 Å². The molecule has 2 rings (SSSR count). The Balaban J connectivity index is 2.11. The average molecular weight is 276 g/mol. The monoisotopic (exact) mass is 276 g/mol. The number of carbonyl (C=O) groups is 2. The van der Waals surface area contributed by atoms with E-state index < -0.39 is 5.97 Å². The molecule has 1 atom stereocenters. The molecule has 0 heterocycles. The summed E-state index contributed by atoms with van der Waals surface area (Å²) in [6, 6.07) is 7.08. The maximum atomic E-state index is 12.3. The molecule has 1 saturated carbocycles. The fraction of sp³-hybridized carbons (Fsp3) is 0.467. The third-order valence-electron chi connectivity index (χ3n) is 3.58. The number of rotatable bonds is 6. The maximum Gasteiger partial charge on any atom is 0.323 e. The first kappa shape index (κ1) is 14.5. The van der Waals surface area contributed by atoms with E-state index in [4.69, 9.17) is 10.8 Å². The molecule has 0 aliphatic heterocycles. The molecule has 5 heteroatoms. The van der Waals surface area contributed by atoms with Crippen LogP contribution in [0.1, 0.15) is 24.8 Å². The van der Waals surface area contributed by atoms with Crippen molar-refractivity contribution >= 4 is 17.6 Å². The Morgan fingerprint density at radius 2 is 1.95 bits per heavy atom. The predicted octanol–water partition coefficient (Wildman–Crippen LogP) is 1.54. The van der Waals surface area contributed by atoms with E-state index in [2.05, 4.69) is 0 Å².